The molecule has 0 spiro atoms. The van der Waals surface area contributed by atoms with E-state index >= 15 is 0 Å². The lowest BCUT2D eigenvalue weighted by Gasteiger charge is -2.28. The molecule has 0 saturated carbocycles. The zero-order chi connectivity index (χ0) is 21.4. The van der Waals surface area contributed by atoms with Crippen LogP contribution < -0.4 is 16.0 Å². The van der Waals surface area contributed by atoms with Crippen molar-refractivity contribution in [1.82, 2.24) is 10.2 Å². The van der Waals surface area contributed by atoms with Crippen LogP contribution in [0.4, 0.5) is 5.69 Å². The van der Waals surface area contributed by atoms with Crippen molar-refractivity contribution in [3.8, 4) is 0 Å². The molecule has 0 aliphatic carbocycles. The van der Waals surface area contributed by atoms with Gasteiger partial charge >= 0.3 is 0 Å². The number of hydrogen-bond donors (Lipinski definition) is 2. The van der Waals surface area contributed by atoms with E-state index in [4.69, 9.17) is 5.73 Å². The summed E-state index contributed by atoms with van der Waals surface area (Å²) in [5, 5.41) is 2.21. The Morgan fingerprint density at radius 1 is 1.07 bits per heavy atom. The second-order valence-electron chi connectivity index (χ2n) is 7.51. The van der Waals surface area contributed by atoms with Crippen molar-refractivity contribution >= 4 is 29.3 Å². The van der Waals surface area contributed by atoms with E-state index in [9.17, 15) is 19.2 Å². The van der Waals surface area contributed by atoms with E-state index in [0.29, 0.717) is 24.2 Å². The number of nitrogens with one attached hydrogen (secondary N) is 1. The number of imide groups is 2. The zero-order valence-corrected chi connectivity index (χ0v) is 16.6. The summed E-state index contributed by atoms with van der Waals surface area (Å²) in [5.41, 5.74) is 8.92. The topological polar surface area (TPSA) is 113 Å². The molecule has 1 saturated heterocycles. The molecule has 30 heavy (non-hydrogen) atoms. The quantitative estimate of drug-likeness (QED) is 0.721. The summed E-state index contributed by atoms with van der Waals surface area (Å²) in [6, 6.07) is 12.0. The van der Waals surface area contributed by atoms with E-state index in [1.165, 1.54) is 0 Å². The Hall–Kier alpha value is -3.52. The molecular weight excluding hydrogens is 384 g/mol. The average molecular weight is 406 g/mol. The van der Waals surface area contributed by atoms with Crippen molar-refractivity contribution in [1.29, 1.82) is 0 Å². The van der Waals surface area contributed by atoms with Gasteiger partial charge in [0.15, 0.2) is 0 Å². The fourth-order valence-electron chi connectivity index (χ4n) is 3.95. The SMILES string of the molecule is CN(Cc1cccc2c1C(=O)N(C1CCC(=O)NC1=O)C2=O)c1ccc(CN)cc1. The number of nitrogens with zero attached hydrogens (tertiary/aromatic N) is 2. The fraction of sp³-hybridized carbons (Fsp3) is 0.273. The van der Waals surface area contributed by atoms with Gasteiger partial charge in [0.25, 0.3) is 11.8 Å². The van der Waals surface area contributed by atoms with Crippen molar-refractivity contribution in [3.63, 3.8) is 0 Å². The van der Waals surface area contributed by atoms with Gasteiger partial charge in [0.2, 0.25) is 11.8 Å². The predicted octanol–water partition coefficient (Wildman–Crippen LogP) is 1.18. The van der Waals surface area contributed by atoms with Gasteiger partial charge in [0.05, 0.1) is 11.1 Å². The highest BCUT2D eigenvalue weighted by Crippen LogP contribution is 2.31. The van der Waals surface area contributed by atoms with Gasteiger partial charge < -0.3 is 10.6 Å². The maximum absolute atomic E-state index is 13.2. The van der Waals surface area contributed by atoms with Crippen molar-refractivity contribution in [3.05, 3.63) is 64.7 Å². The fourth-order valence-corrected chi connectivity index (χ4v) is 3.95. The minimum atomic E-state index is -0.968. The average Bonchev–Trinajstić information content (AvgIpc) is 2.99. The lowest BCUT2D eigenvalue weighted by molar-refractivity contribution is -0.136. The van der Waals surface area contributed by atoms with Crippen LogP contribution in [0.3, 0.4) is 0 Å². The highest BCUT2D eigenvalue weighted by molar-refractivity contribution is 6.24. The number of piperidine rings is 1. The van der Waals surface area contributed by atoms with Gasteiger partial charge in [-0.05, 0) is 35.7 Å². The maximum Gasteiger partial charge on any atom is 0.262 e. The zero-order valence-electron chi connectivity index (χ0n) is 16.6. The molecule has 2 aromatic rings. The third kappa shape index (κ3) is 3.35. The molecule has 0 aromatic heterocycles. The molecule has 4 rings (SSSR count). The number of carbonyl (C=O) groups is 4. The van der Waals surface area contributed by atoms with E-state index in [1.807, 2.05) is 42.3 Å². The van der Waals surface area contributed by atoms with Crippen LogP contribution in [-0.2, 0) is 22.7 Å². The van der Waals surface area contributed by atoms with E-state index < -0.39 is 29.7 Å². The van der Waals surface area contributed by atoms with Crippen LogP contribution in [0.25, 0.3) is 0 Å². The van der Waals surface area contributed by atoms with Crippen LogP contribution in [0.15, 0.2) is 42.5 Å². The molecule has 4 amide bonds. The van der Waals surface area contributed by atoms with E-state index in [0.717, 1.165) is 16.2 Å². The summed E-state index contributed by atoms with van der Waals surface area (Å²) >= 11 is 0. The van der Waals surface area contributed by atoms with Gasteiger partial charge in [-0.25, -0.2) is 0 Å². The lowest BCUT2D eigenvalue weighted by atomic mass is 10.0. The van der Waals surface area contributed by atoms with Crippen LogP contribution in [-0.4, -0.2) is 41.6 Å². The first-order valence-electron chi connectivity index (χ1n) is 9.74. The summed E-state index contributed by atoms with van der Waals surface area (Å²) in [7, 11) is 1.90. The van der Waals surface area contributed by atoms with Crippen molar-refractivity contribution < 1.29 is 19.2 Å². The molecular formula is C22H22N4O4. The highest BCUT2D eigenvalue weighted by atomic mass is 16.2. The summed E-state index contributed by atoms with van der Waals surface area (Å²) in [6.07, 6.45) is 0.233. The molecule has 1 fully saturated rings. The Labute approximate surface area is 173 Å². The Bertz CT molecular complexity index is 1050. The summed E-state index contributed by atoms with van der Waals surface area (Å²) in [5.74, 6) is -2.00. The van der Waals surface area contributed by atoms with Crippen molar-refractivity contribution in [2.45, 2.75) is 32.0 Å². The minimum absolute atomic E-state index is 0.0954. The number of carbonyl (C=O) groups excluding carboxylic acids is 4. The number of rotatable bonds is 5. The Kier molecular flexibility index (Phi) is 5.09. The van der Waals surface area contributed by atoms with Gasteiger partial charge in [-0.2, -0.15) is 0 Å². The second-order valence-corrected chi connectivity index (χ2v) is 7.51. The van der Waals surface area contributed by atoms with Gasteiger partial charge in [0.1, 0.15) is 6.04 Å². The first-order chi connectivity index (χ1) is 14.4. The first kappa shape index (κ1) is 19.8. The van der Waals surface area contributed by atoms with Crippen LogP contribution in [0, 0.1) is 0 Å². The number of benzene rings is 2. The van der Waals surface area contributed by atoms with Crippen LogP contribution >= 0.6 is 0 Å². The number of amides is 4. The Balaban J connectivity index is 1.61. The summed E-state index contributed by atoms with van der Waals surface area (Å²) in [4.78, 5) is 52.7. The van der Waals surface area contributed by atoms with E-state index in [-0.39, 0.29) is 18.4 Å². The summed E-state index contributed by atoms with van der Waals surface area (Å²) < 4.78 is 0. The number of hydrogen-bond acceptors (Lipinski definition) is 6. The second kappa shape index (κ2) is 7.72. The molecule has 8 heteroatoms. The molecule has 2 aliphatic heterocycles. The molecule has 154 valence electrons. The highest BCUT2D eigenvalue weighted by Gasteiger charge is 2.45. The third-order valence-electron chi connectivity index (χ3n) is 5.57. The molecule has 3 N–H and O–H groups in total. The Morgan fingerprint density at radius 3 is 2.47 bits per heavy atom. The molecule has 2 aromatic carbocycles. The third-order valence-corrected chi connectivity index (χ3v) is 5.57. The molecule has 2 aliphatic rings. The van der Waals surface area contributed by atoms with Crippen molar-refractivity contribution in [2.24, 2.45) is 5.73 Å². The monoisotopic (exact) mass is 406 g/mol. The van der Waals surface area contributed by atoms with Gasteiger partial charge in [-0.15, -0.1) is 0 Å². The van der Waals surface area contributed by atoms with Gasteiger partial charge in [-0.1, -0.05) is 24.3 Å². The largest absolute Gasteiger partial charge is 0.370 e. The summed E-state index contributed by atoms with van der Waals surface area (Å²) in [6.45, 7) is 0.871. The predicted molar refractivity (Wildman–Crippen MR) is 110 cm³/mol. The van der Waals surface area contributed by atoms with E-state index in [2.05, 4.69) is 5.32 Å². The molecule has 0 radical (unpaired) electrons. The van der Waals surface area contributed by atoms with Crippen LogP contribution in [0.2, 0.25) is 0 Å². The normalized spacial score (nSPS) is 18.5. The molecule has 8 nitrogen and oxygen atoms in total. The van der Waals surface area contributed by atoms with E-state index in [1.54, 1.807) is 12.1 Å². The molecule has 1 unspecified atom stereocenters. The molecule has 1 atom stereocenters. The number of fused-ring (bicyclic) bond motifs is 1. The molecule has 2 heterocycles. The maximum atomic E-state index is 13.2. The molecule has 0 bridgehead atoms. The lowest BCUT2D eigenvalue weighted by Crippen LogP contribution is -2.54. The van der Waals surface area contributed by atoms with Gasteiger partial charge in [-0.3, -0.25) is 29.4 Å². The minimum Gasteiger partial charge on any atom is -0.370 e. The smallest absolute Gasteiger partial charge is 0.262 e. The number of nitrogens with two attached hydrogens (primary N) is 1. The van der Waals surface area contributed by atoms with Crippen molar-refractivity contribution in [2.75, 3.05) is 11.9 Å². The standard InChI is InChI=1S/C22H22N4O4/c1-25(15-7-5-13(11-23)6-8-15)12-14-3-2-4-16-19(14)22(30)26(21(16)29)17-9-10-18(27)24-20(17)28/h2-8,17H,9-12,23H2,1H3,(H,24,27,28). The van der Waals surface area contributed by atoms with Gasteiger partial charge in [0, 0.05) is 32.2 Å². The number of anilines is 1. The van der Waals surface area contributed by atoms with Crippen LogP contribution in [0.5, 0.6) is 0 Å². The van der Waals surface area contributed by atoms with Crippen LogP contribution in [0.1, 0.15) is 44.7 Å². The first-order valence-corrected chi connectivity index (χ1v) is 9.74. The Morgan fingerprint density at radius 2 is 1.80 bits per heavy atom.